The van der Waals surface area contributed by atoms with E-state index in [1.54, 1.807) is 0 Å². The molecule has 1 aromatic carbocycles. The van der Waals surface area contributed by atoms with Crippen LogP contribution in [0.15, 0.2) is 12.1 Å². The van der Waals surface area contributed by atoms with Gasteiger partial charge in [-0.1, -0.05) is 17.7 Å². The first-order chi connectivity index (χ1) is 10.8. The Hall–Kier alpha value is -1.10. The summed E-state index contributed by atoms with van der Waals surface area (Å²) in [5.74, 6) is 0.310. The maximum Gasteiger partial charge on any atom is 0.241 e. The van der Waals surface area contributed by atoms with E-state index in [9.17, 15) is 9.90 Å². The number of carbonyl (C=O) groups is 1. The summed E-state index contributed by atoms with van der Waals surface area (Å²) in [4.78, 5) is 14.7. The first-order valence-corrected chi connectivity index (χ1v) is 8.67. The number of nitrogens with one attached hydrogen (secondary N) is 1. The zero-order valence-electron chi connectivity index (χ0n) is 14.4. The van der Waals surface area contributed by atoms with Crippen LogP contribution in [-0.2, 0) is 4.79 Å². The monoisotopic (exact) mass is 338 g/mol. The zero-order valence-corrected chi connectivity index (χ0v) is 15.2. The molecule has 0 spiro atoms. The molecule has 1 fully saturated rings. The Morgan fingerprint density at radius 3 is 2.43 bits per heavy atom. The molecule has 1 amide bonds. The quantitative estimate of drug-likeness (QED) is 0.885. The second kappa shape index (κ2) is 7.65. The fourth-order valence-electron chi connectivity index (χ4n) is 3.26. The van der Waals surface area contributed by atoms with Crippen molar-refractivity contribution >= 4 is 23.2 Å². The SMILES string of the molecule is Cc1cc(C)c(NC(=O)C(C)N2CCC(C(C)O)CC2)c(Cl)c1. The van der Waals surface area contributed by atoms with Gasteiger partial charge in [0.15, 0.2) is 0 Å². The van der Waals surface area contributed by atoms with E-state index in [1.807, 2.05) is 39.8 Å². The van der Waals surface area contributed by atoms with Crippen LogP contribution < -0.4 is 5.32 Å². The Bertz CT molecular complexity index is 543. The Morgan fingerprint density at radius 1 is 1.30 bits per heavy atom. The molecule has 0 saturated carbocycles. The van der Waals surface area contributed by atoms with E-state index in [2.05, 4.69) is 10.2 Å². The zero-order chi connectivity index (χ0) is 17.1. The van der Waals surface area contributed by atoms with Gasteiger partial charge in [-0.3, -0.25) is 9.69 Å². The van der Waals surface area contributed by atoms with Gasteiger partial charge in [0.25, 0.3) is 0 Å². The molecule has 23 heavy (non-hydrogen) atoms. The van der Waals surface area contributed by atoms with E-state index in [0.29, 0.717) is 16.6 Å². The van der Waals surface area contributed by atoms with Crippen molar-refractivity contribution in [2.24, 2.45) is 5.92 Å². The molecule has 5 heteroatoms. The highest BCUT2D eigenvalue weighted by atomic mass is 35.5. The van der Waals surface area contributed by atoms with Crippen LogP contribution in [0.4, 0.5) is 5.69 Å². The molecule has 1 aliphatic heterocycles. The molecule has 1 heterocycles. The van der Waals surface area contributed by atoms with Gasteiger partial charge < -0.3 is 10.4 Å². The van der Waals surface area contributed by atoms with Crippen molar-refractivity contribution in [2.75, 3.05) is 18.4 Å². The lowest BCUT2D eigenvalue weighted by Gasteiger charge is -2.36. The van der Waals surface area contributed by atoms with E-state index in [1.165, 1.54) is 0 Å². The highest BCUT2D eigenvalue weighted by molar-refractivity contribution is 6.34. The maximum absolute atomic E-state index is 12.6. The van der Waals surface area contributed by atoms with Crippen LogP contribution in [0, 0.1) is 19.8 Å². The smallest absolute Gasteiger partial charge is 0.241 e. The summed E-state index contributed by atoms with van der Waals surface area (Å²) in [6.07, 6.45) is 1.59. The Kier molecular flexibility index (Phi) is 6.06. The molecule has 0 aromatic heterocycles. The van der Waals surface area contributed by atoms with E-state index in [-0.39, 0.29) is 18.1 Å². The third kappa shape index (κ3) is 4.46. The summed E-state index contributed by atoms with van der Waals surface area (Å²) in [5, 5.41) is 13.2. The number of rotatable bonds is 4. The van der Waals surface area contributed by atoms with Gasteiger partial charge in [-0.15, -0.1) is 0 Å². The largest absolute Gasteiger partial charge is 0.393 e. The van der Waals surface area contributed by atoms with Crippen molar-refractivity contribution in [1.29, 1.82) is 0 Å². The van der Waals surface area contributed by atoms with E-state index in [0.717, 1.165) is 37.1 Å². The lowest BCUT2D eigenvalue weighted by atomic mass is 9.91. The van der Waals surface area contributed by atoms with Crippen molar-refractivity contribution in [3.63, 3.8) is 0 Å². The van der Waals surface area contributed by atoms with Crippen LogP contribution in [0.2, 0.25) is 5.02 Å². The number of aliphatic hydroxyl groups excluding tert-OH is 1. The van der Waals surface area contributed by atoms with Crippen LogP contribution in [0.5, 0.6) is 0 Å². The number of likely N-dealkylation sites (tertiary alicyclic amines) is 1. The van der Waals surface area contributed by atoms with Gasteiger partial charge in [-0.05, 0) is 76.7 Å². The summed E-state index contributed by atoms with van der Waals surface area (Å²) in [5.41, 5.74) is 2.76. The normalized spacial score (nSPS) is 19.4. The molecule has 2 rings (SSSR count). The first kappa shape index (κ1) is 18.2. The van der Waals surface area contributed by atoms with Crippen LogP contribution in [0.1, 0.15) is 37.8 Å². The average Bonchev–Trinajstić information content (AvgIpc) is 2.50. The molecule has 4 nitrogen and oxygen atoms in total. The first-order valence-electron chi connectivity index (χ1n) is 8.29. The van der Waals surface area contributed by atoms with Gasteiger partial charge in [0.2, 0.25) is 5.91 Å². The van der Waals surface area contributed by atoms with Crippen LogP contribution >= 0.6 is 11.6 Å². The standard InChI is InChI=1S/C18H27ClN2O2/c1-11-9-12(2)17(16(19)10-11)20-18(23)13(3)21-7-5-15(6-8-21)14(4)22/h9-10,13-15,22H,5-8H2,1-4H3,(H,20,23). The second-order valence-electron chi connectivity index (χ2n) is 6.72. The highest BCUT2D eigenvalue weighted by Crippen LogP contribution is 2.28. The van der Waals surface area contributed by atoms with Gasteiger partial charge in [-0.25, -0.2) is 0 Å². The predicted molar refractivity (Wildman–Crippen MR) is 95.0 cm³/mol. The van der Waals surface area contributed by atoms with Crippen molar-refractivity contribution in [3.8, 4) is 0 Å². The van der Waals surface area contributed by atoms with Crippen LogP contribution in [0.3, 0.4) is 0 Å². The number of aryl methyl sites for hydroxylation is 2. The van der Waals surface area contributed by atoms with Crippen LogP contribution in [-0.4, -0.2) is 41.1 Å². The highest BCUT2D eigenvalue weighted by Gasteiger charge is 2.28. The minimum atomic E-state index is -0.268. The van der Waals surface area contributed by atoms with Gasteiger partial charge >= 0.3 is 0 Å². The Balaban J connectivity index is 1.99. The number of carbonyl (C=O) groups excluding carboxylic acids is 1. The number of amides is 1. The van der Waals surface area contributed by atoms with E-state index < -0.39 is 0 Å². The van der Waals surface area contributed by atoms with Crippen molar-refractivity contribution in [1.82, 2.24) is 4.90 Å². The summed E-state index contributed by atoms with van der Waals surface area (Å²) in [7, 11) is 0. The summed E-state index contributed by atoms with van der Waals surface area (Å²) in [6, 6.07) is 3.67. The molecule has 128 valence electrons. The number of aliphatic hydroxyl groups is 1. The fraction of sp³-hybridized carbons (Fsp3) is 0.611. The van der Waals surface area contributed by atoms with Crippen molar-refractivity contribution in [3.05, 3.63) is 28.3 Å². The molecule has 1 aromatic rings. The predicted octanol–water partition coefficient (Wildman–Crippen LogP) is 3.38. The molecule has 2 N–H and O–H groups in total. The number of piperidine rings is 1. The Labute approximate surface area is 143 Å². The molecule has 1 saturated heterocycles. The van der Waals surface area contributed by atoms with E-state index in [4.69, 9.17) is 11.6 Å². The van der Waals surface area contributed by atoms with Gasteiger partial charge in [-0.2, -0.15) is 0 Å². The molecular weight excluding hydrogens is 312 g/mol. The third-order valence-corrected chi connectivity index (χ3v) is 5.16. The number of anilines is 1. The van der Waals surface area contributed by atoms with Gasteiger partial charge in [0.05, 0.1) is 22.9 Å². The summed E-state index contributed by atoms with van der Waals surface area (Å²) >= 11 is 6.27. The average molecular weight is 339 g/mol. The molecule has 0 bridgehead atoms. The summed E-state index contributed by atoms with van der Waals surface area (Å²) in [6.45, 7) is 9.39. The fourth-order valence-corrected chi connectivity index (χ4v) is 3.63. The molecule has 1 aliphatic rings. The lowest BCUT2D eigenvalue weighted by molar-refractivity contribution is -0.121. The number of nitrogens with zero attached hydrogens (tertiary/aromatic N) is 1. The number of hydrogen-bond acceptors (Lipinski definition) is 3. The number of halogens is 1. The summed E-state index contributed by atoms with van der Waals surface area (Å²) < 4.78 is 0. The van der Waals surface area contributed by atoms with Crippen molar-refractivity contribution in [2.45, 2.75) is 52.7 Å². The molecule has 0 radical (unpaired) electrons. The van der Waals surface area contributed by atoms with Gasteiger partial charge in [0, 0.05) is 0 Å². The van der Waals surface area contributed by atoms with Crippen LogP contribution in [0.25, 0.3) is 0 Å². The van der Waals surface area contributed by atoms with Gasteiger partial charge in [0.1, 0.15) is 0 Å². The lowest BCUT2D eigenvalue weighted by Crippen LogP contribution is -2.47. The maximum atomic E-state index is 12.6. The minimum Gasteiger partial charge on any atom is -0.393 e. The topological polar surface area (TPSA) is 52.6 Å². The molecular formula is C18H27ClN2O2. The molecule has 2 unspecified atom stereocenters. The number of hydrogen-bond donors (Lipinski definition) is 2. The second-order valence-corrected chi connectivity index (χ2v) is 7.13. The minimum absolute atomic E-state index is 0.0330. The Morgan fingerprint density at radius 2 is 1.91 bits per heavy atom. The number of benzene rings is 1. The third-order valence-electron chi connectivity index (χ3n) is 4.86. The van der Waals surface area contributed by atoms with E-state index >= 15 is 0 Å². The van der Waals surface area contributed by atoms with Crippen molar-refractivity contribution < 1.29 is 9.90 Å². The molecule has 2 atom stereocenters. The molecule has 0 aliphatic carbocycles.